The maximum Gasteiger partial charge on any atom is 0.229 e. The summed E-state index contributed by atoms with van der Waals surface area (Å²) in [5, 5.41) is 0. The number of hydrogen-bond donors (Lipinski definition) is 1. The Balaban J connectivity index is 2.26. The Labute approximate surface area is 155 Å². The Bertz CT molecular complexity index is 573. The number of unbranched alkanes of at least 4 members (excludes halogenated alkanes) is 5. The fraction of sp³-hybridized carbons (Fsp3) is 0.700. The molecule has 0 aliphatic rings. The van der Waals surface area contributed by atoms with E-state index in [0.717, 1.165) is 25.9 Å². The fourth-order valence-electron chi connectivity index (χ4n) is 3.04. The maximum absolute atomic E-state index is 11.3. The predicted octanol–water partition coefficient (Wildman–Crippen LogP) is 4.67. The average Bonchev–Trinajstić information content (AvgIpc) is 2.55. The van der Waals surface area contributed by atoms with Crippen LogP contribution in [-0.4, -0.2) is 39.2 Å². The smallest absolute Gasteiger partial charge is 0.229 e. The van der Waals surface area contributed by atoms with Crippen LogP contribution in [0.25, 0.3) is 0 Å². The van der Waals surface area contributed by atoms with Crippen molar-refractivity contribution in [3.8, 4) is 0 Å². The molecule has 1 aromatic rings. The molecule has 0 saturated carbocycles. The van der Waals surface area contributed by atoms with Gasteiger partial charge in [-0.3, -0.25) is 4.72 Å². The van der Waals surface area contributed by atoms with Crippen molar-refractivity contribution in [3.63, 3.8) is 0 Å². The van der Waals surface area contributed by atoms with Gasteiger partial charge in [0.05, 0.1) is 6.26 Å². The lowest BCUT2D eigenvalue weighted by molar-refractivity contribution is 0.275. The summed E-state index contributed by atoms with van der Waals surface area (Å²) in [6.45, 7) is 8.00. The van der Waals surface area contributed by atoms with Crippen molar-refractivity contribution < 1.29 is 8.42 Å². The molecule has 0 bridgehead atoms. The number of hydrogen-bond acceptors (Lipinski definition) is 3. The zero-order valence-electron chi connectivity index (χ0n) is 16.3. The third-order valence-electron chi connectivity index (χ3n) is 4.45. The van der Waals surface area contributed by atoms with Crippen LogP contribution in [0.1, 0.15) is 64.4 Å². The third-order valence-corrected chi connectivity index (χ3v) is 5.05. The molecular formula is C20H36N2O2S. The van der Waals surface area contributed by atoms with Crippen molar-refractivity contribution in [2.45, 2.75) is 65.2 Å². The summed E-state index contributed by atoms with van der Waals surface area (Å²) in [5.41, 5.74) is 1.85. The number of nitrogens with zero attached hydrogens (tertiary/aromatic N) is 1. The molecule has 0 spiro atoms. The Morgan fingerprint density at radius 3 is 2.28 bits per heavy atom. The lowest BCUT2D eigenvalue weighted by Crippen LogP contribution is -2.25. The Morgan fingerprint density at radius 1 is 0.960 bits per heavy atom. The molecule has 1 rings (SSSR count). The van der Waals surface area contributed by atoms with E-state index >= 15 is 0 Å². The van der Waals surface area contributed by atoms with E-state index in [2.05, 4.69) is 29.5 Å². The van der Waals surface area contributed by atoms with Gasteiger partial charge in [-0.05, 0) is 63.0 Å². The normalized spacial score (nSPS) is 11.8. The highest BCUT2D eigenvalue weighted by Gasteiger charge is 2.04. The number of rotatable bonds is 14. The van der Waals surface area contributed by atoms with Gasteiger partial charge in [-0.2, -0.15) is 0 Å². The van der Waals surface area contributed by atoms with E-state index in [9.17, 15) is 8.42 Å². The predicted molar refractivity (Wildman–Crippen MR) is 109 cm³/mol. The first-order valence-electron chi connectivity index (χ1n) is 9.73. The minimum absolute atomic E-state index is 0.655. The topological polar surface area (TPSA) is 49.4 Å². The SMILES string of the molecule is CCCCCCCN(CC)CCCCc1cccc(NS(C)(=O)=O)c1. The van der Waals surface area contributed by atoms with E-state index in [1.165, 1.54) is 56.9 Å². The first kappa shape index (κ1) is 22.0. The van der Waals surface area contributed by atoms with E-state index in [-0.39, 0.29) is 0 Å². The molecule has 0 heterocycles. The largest absolute Gasteiger partial charge is 0.304 e. The maximum atomic E-state index is 11.3. The van der Waals surface area contributed by atoms with E-state index < -0.39 is 10.0 Å². The molecule has 1 N–H and O–H groups in total. The number of sulfonamides is 1. The molecule has 0 aromatic heterocycles. The molecule has 0 aliphatic carbocycles. The number of aryl methyl sites for hydroxylation is 1. The molecule has 0 radical (unpaired) electrons. The second kappa shape index (κ2) is 12.3. The highest BCUT2D eigenvalue weighted by Crippen LogP contribution is 2.14. The van der Waals surface area contributed by atoms with Gasteiger partial charge >= 0.3 is 0 Å². The third kappa shape index (κ3) is 11.2. The lowest BCUT2D eigenvalue weighted by atomic mass is 10.1. The summed E-state index contributed by atoms with van der Waals surface area (Å²) in [6, 6.07) is 7.71. The number of anilines is 1. The lowest BCUT2D eigenvalue weighted by Gasteiger charge is -2.20. The van der Waals surface area contributed by atoms with Gasteiger partial charge in [0, 0.05) is 5.69 Å². The summed E-state index contributed by atoms with van der Waals surface area (Å²) >= 11 is 0. The van der Waals surface area contributed by atoms with Crippen LogP contribution in [-0.2, 0) is 16.4 Å². The van der Waals surface area contributed by atoms with Gasteiger partial charge in [0.1, 0.15) is 0 Å². The molecule has 1 aromatic carbocycles. The summed E-state index contributed by atoms with van der Waals surface area (Å²) < 4.78 is 25.2. The van der Waals surface area contributed by atoms with Crippen LogP contribution in [0.5, 0.6) is 0 Å². The Hall–Kier alpha value is -1.07. The van der Waals surface area contributed by atoms with Crippen LogP contribution in [0.15, 0.2) is 24.3 Å². The molecule has 144 valence electrons. The van der Waals surface area contributed by atoms with Gasteiger partial charge in [0.2, 0.25) is 10.0 Å². The fourth-order valence-corrected chi connectivity index (χ4v) is 3.59. The minimum atomic E-state index is -3.21. The molecule has 0 fully saturated rings. The average molecular weight is 369 g/mol. The molecule has 25 heavy (non-hydrogen) atoms. The van der Waals surface area contributed by atoms with Gasteiger partial charge in [-0.1, -0.05) is 51.7 Å². The second-order valence-corrected chi connectivity index (χ2v) is 8.63. The molecule has 0 saturated heterocycles. The molecule has 0 unspecified atom stereocenters. The zero-order chi connectivity index (χ0) is 18.5. The van der Waals surface area contributed by atoms with Crippen LogP contribution in [0.2, 0.25) is 0 Å². The summed E-state index contributed by atoms with van der Waals surface area (Å²) in [7, 11) is -3.21. The van der Waals surface area contributed by atoms with Crippen LogP contribution in [0, 0.1) is 0 Å². The first-order valence-corrected chi connectivity index (χ1v) is 11.6. The number of benzene rings is 1. The van der Waals surface area contributed by atoms with Gasteiger partial charge in [-0.15, -0.1) is 0 Å². The Morgan fingerprint density at radius 2 is 1.64 bits per heavy atom. The van der Waals surface area contributed by atoms with Gasteiger partial charge in [0.15, 0.2) is 0 Å². The van der Waals surface area contributed by atoms with Crippen molar-refractivity contribution >= 4 is 15.7 Å². The van der Waals surface area contributed by atoms with E-state index in [4.69, 9.17) is 0 Å². The van der Waals surface area contributed by atoms with Crippen molar-refractivity contribution in [2.24, 2.45) is 0 Å². The van der Waals surface area contributed by atoms with Gasteiger partial charge < -0.3 is 4.90 Å². The highest BCUT2D eigenvalue weighted by molar-refractivity contribution is 7.92. The summed E-state index contributed by atoms with van der Waals surface area (Å²) in [4.78, 5) is 2.55. The molecule has 4 nitrogen and oxygen atoms in total. The highest BCUT2D eigenvalue weighted by atomic mass is 32.2. The molecule has 0 aliphatic heterocycles. The van der Waals surface area contributed by atoms with Crippen molar-refractivity contribution in [3.05, 3.63) is 29.8 Å². The number of nitrogens with one attached hydrogen (secondary N) is 1. The van der Waals surface area contributed by atoms with Crippen LogP contribution in [0.3, 0.4) is 0 Å². The quantitative estimate of drug-likeness (QED) is 0.485. The molecule has 0 atom stereocenters. The van der Waals surface area contributed by atoms with Crippen molar-refractivity contribution in [1.82, 2.24) is 4.90 Å². The van der Waals surface area contributed by atoms with E-state index in [0.29, 0.717) is 5.69 Å². The Kier molecular flexibility index (Phi) is 10.8. The van der Waals surface area contributed by atoms with E-state index in [1.807, 2.05) is 12.1 Å². The molecule has 0 amide bonds. The van der Waals surface area contributed by atoms with Crippen LogP contribution in [0.4, 0.5) is 5.69 Å². The monoisotopic (exact) mass is 368 g/mol. The summed E-state index contributed by atoms with van der Waals surface area (Å²) in [5.74, 6) is 0. The van der Waals surface area contributed by atoms with Gasteiger partial charge in [-0.25, -0.2) is 8.42 Å². The minimum Gasteiger partial charge on any atom is -0.304 e. The zero-order valence-corrected chi connectivity index (χ0v) is 17.1. The van der Waals surface area contributed by atoms with Crippen molar-refractivity contribution in [1.29, 1.82) is 0 Å². The molecule has 5 heteroatoms. The first-order chi connectivity index (χ1) is 11.9. The second-order valence-electron chi connectivity index (χ2n) is 6.88. The van der Waals surface area contributed by atoms with Crippen molar-refractivity contribution in [2.75, 3.05) is 30.6 Å². The molecular weight excluding hydrogens is 332 g/mol. The summed E-state index contributed by atoms with van der Waals surface area (Å²) in [6.07, 6.45) is 11.2. The van der Waals surface area contributed by atoms with Crippen LogP contribution >= 0.6 is 0 Å². The standard InChI is InChI=1S/C20H36N2O2S/c1-4-6-7-8-10-16-22(5-2)17-11-9-13-19-14-12-15-20(18-19)21-25(3,23)24/h12,14-15,18,21H,4-11,13,16-17H2,1-3H3. The van der Waals surface area contributed by atoms with Crippen LogP contribution < -0.4 is 4.72 Å². The van der Waals surface area contributed by atoms with Gasteiger partial charge in [0.25, 0.3) is 0 Å². The van der Waals surface area contributed by atoms with E-state index in [1.54, 1.807) is 6.07 Å².